The van der Waals surface area contributed by atoms with Crippen LogP contribution in [0.1, 0.15) is 70.4 Å². The first kappa shape index (κ1) is 28.1. The first-order valence-corrected chi connectivity index (χ1v) is 14.4. The van der Waals surface area contributed by atoms with Crippen LogP contribution in [0.25, 0.3) is 10.4 Å². The van der Waals surface area contributed by atoms with Crippen molar-refractivity contribution in [3.8, 4) is 0 Å². The molecule has 1 aliphatic carbocycles. The monoisotopic (exact) mass is 574 g/mol. The molecular formula is C27H34N4O8S. The number of ether oxygens (including phenoxy) is 3. The highest BCUT2D eigenvalue weighted by molar-refractivity contribution is 7.18. The number of nitrogens with zero attached hydrogens (tertiary/aromatic N) is 3. The number of aromatic nitrogens is 2. The van der Waals surface area contributed by atoms with Crippen LogP contribution in [0, 0.1) is 11.8 Å². The van der Waals surface area contributed by atoms with Crippen LogP contribution in [0.3, 0.4) is 0 Å². The average molecular weight is 575 g/mol. The summed E-state index contributed by atoms with van der Waals surface area (Å²) in [5, 5.41) is 13.0. The Morgan fingerprint density at radius 1 is 1.20 bits per heavy atom. The summed E-state index contributed by atoms with van der Waals surface area (Å²) in [5.74, 6) is -2.30. The third-order valence-electron chi connectivity index (χ3n) is 7.77. The van der Waals surface area contributed by atoms with Crippen LogP contribution in [0.5, 0.6) is 0 Å². The van der Waals surface area contributed by atoms with Gasteiger partial charge in [-0.2, -0.15) is 0 Å². The number of aliphatic hydroxyl groups is 1. The van der Waals surface area contributed by atoms with Crippen LogP contribution >= 0.6 is 11.3 Å². The molecule has 0 aromatic carbocycles. The van der Waals surface area contributed by atoms with Gasteiger partial charge in [-0.25, -0.2) is 14.6 Å². The Kier molecular flexibility index (Phi) is 7.87. The summed E-state index contributed by atoms with van der Waals surface area (Å²) in [4.78, 5) is 57.6. The fourth-order valence-corrected chi connectivity index (χ4v) is 7.11. The summed E-state index contributed by atoms with van der Waals surface area (Å²) in [7, 11) is 0. The zero-order chi connectivity index (χ0) is 28.7. The molecule has 0 spiro atoms. The molecule has 2 aliphatic heterocycles. The number of hydrogen-bond acceptors (Lipinski definition) is 10. The van der Waals surface area contributed by atoms with Crippen molar-refractivity contribution in [1.29, 1.82) is 0 Å². The lowest BCUT2D eigenvalue weighted by molar-refractivity contribution is -0.174. The molecule has 0 bridgehead atoms. The molecule has 12 nitrogen and oxygen atoms in total. The van der Waals surface area contributed by atoms with Gasteiger partial charge in [0.25, 0.3) is 0 Å². The van der Waals surface area contributed by atoms with E-state index in [-0.39, 0.29) is 36.1 Å². The first-order valence-electron chi connectivity index (χ1n) is 13.6. The van der Waals surface area contributed by atoms with E-state index < -0.39 is 36.5 Å². The third-order valence-corrected chi connectivity index (χ3v) is 8.95. The van der Waals surface area contributed by atoms with Gasteiger partial charge in [0.05, 0.1) is 35.2 Å². The lowest BCUT2D eigenvalue weighted by atomic mass is 9.77. The number of carbonyl (C=O) groups is 4. The summed E-state index contributed by atoms with van der Waals surface area (Å²) in [5.41, 5.74) is 1.33. The van der Waals surface area contributed by atoms with Gasteiger partial charge in [0.15, 0.2) is 0 Å². The van der Waals surface area contributed by atoms with Crippen LogP contribution in [-0.4, -0.2) is 67.9 Å². The third kappa shape index (κ3) is 5.19. The molecule has 0 radical (unpaired) electrons. The normalized spacial score (nSPS) is 24.4. The van der Waals surface area contributed by atoms with Gasteiger partial charge in [-0.15, -0.1) is 11.3 Å². The molecule has 2 fully saturated rings. The maximum absolute atomic E-state index is 13.5. The molecule has 1 saturated carbocycles. The number of fused-ring (bicyclic) bond motifs is 2. The minimum atomic E-state index is -1.25. The van der Waals surface area contributed by atoms with Crippen molar-refractivity contribution >= 4 is 45.7 Å². The zero-order valence-corrected chi connectivity index (χ0v) is 23.7. The maximum atomic E-state index is 13.5. The number of nitrogens with one attached hydrogen (secondary N) is 1. The van der Waals surface area contributed by atoms with E-state index in [1.165, 1.54) is 30.1 Å². The number of carbonyl (C=O) groups excluding carboxylic acids is 4. The summed E-state index contributed by atoms with van der Waals surface area (Å²) < 4.78 is 17.9. The fraction of sp³-hybridized carbons (Fsp3) is 0.593. The minimum Gasteiger partial charge on any atom is -0.431 e. The van der Waals surface area contributed by atoms with Gasteiger partial charge in [-0.05, 0) is 32.6 Å². The first-order chi connectivity index (χ1) is 19.1. The number of thiazole rings is 1. The Morgan fingerprint density at radius 2 is 1.93 bits per heavy atom. The van der Waals surface area contributed by atoms with E-state index in [2.05, 4.69) is 10.3 Å². The maximum Gasteiger partial charge on any atom is 0.511 e. The Morgan fingerprint density at radius 3 is 2.60 bits per heavy atom. The van der Waals surface area contributed by atoms with Crippen molar-refractivity contribution in [3.63, 3.8) is 0 Å². The minimum absolute atomic E-state index is 0.0661. The van der Waals surface area contributed by atoms with Gasteiger partial charge in [0.1, 0.15) is 23.0 Å². The number of esters is 1. The molecule has 5 atom stereocenters. The van der Waals surface area contributed by atoms with Gasteiger partial charge in [0.2, 0.25) is 18.1 Å². The number of β-lactam (4-membered cyclic amide) rings is 1. The topological polar surface area (TPSA) is 149 Å². The van der Waals surface area contributed by atoms with Gasteiger partial charge in [0, 0.05) is 31.5 Å². The van der Waals surface area contributed by atoms with E-state index in [9.17, 15) is 24.3 Å². The van der Waals surface area contributed by atoms with Gasteiger partial charge in [-0.1, -0.05) is 13.3 Å². The predicted octanol–water partition coefficient (Wildman–Crippen LogP) is 2.98. The van der Waals surface area contributed by atoms with E-state index in [1.54, 1.807) is 17.7 Å². The Balaban J connectivity index is 1.40. The second-order valence-electron chi connectivity index (χ2n) is 10.6. The highest BCUT2D eigenvalue weighted by atomic mass is 32.1. The molecule has 4 heterocycles. The number of imidazole rings is 1. The highest BCUT2D eigenvalue weighted by Gasteiger charge is 2.60. The second kappa shape index (κ2) is 11.2. The molecule has 216 valence electrons. The van der Waals surface area contributed by atoms with Crippen molar-refractivity contribution in [3.05, 3.63) is 28.8 Å². The van der Waals surface area contributed by atoms with E-state index in [4.69, 9.17) is 14.2 Å². The zero-order valence-electron chi connectivity index (χ0n) is 22.9. The molecular weight excluding hydrogens is 540 g/mol. The number of aliphatic hydroxyl groups excluding tert-OH is 1. The molecule has 1 saturated heterocycles. The SMILES string of the molecule is CC(=O)NCc1ncn2cc(C3=C(C(=O)OC(C)OC(=O)OC4CCCCC4)N4C(=O)[C@H]([C@@H](C)O)[C@H]4[C@H]3C)sc12. The highest BCUT2D eigenvalue weighted by Crippen LogP contribution is 2.51. The Labute approximate surface area is 235 Å². The van der Waals surface area contributed by atoms with Crippen molar-refractivity contribution in [2.75, 3.05) is 0 Å². The summed E-state index contributed by atoms with van der Waals surface area (Å²) in [6, 6.07) is -0.420. The number of hydrogen-bond donors (Lipinski definition) is 2. The summed E-state index contributed by atoms with van der Waals surface area (Å²) in [6.07, 6.45) is 4.82. The average Bonchev–Trinajstić information content (AvgIpc) is 3.52. The molecule has 2 N–H and O–H groups in total. The number of rotatable bonds is 8. The largest absolute Gasteiger partial charge is 0.511 e. The Bertz CT molecular complexity index is 1360. The molecule has 40 heavy (non-hydrogen) atoms. The van der Waals surface area contributed by atoms with Gasteiger partial charge >= 0.3 is 12.1 Å². The van der Waals surface area contributed by atoms with Crippen molar-refractivity contribution in [1.82, 2.24) is 19.6 Å². The molecule has 2 aromatic heterocycles. The fourth-order valence-electron chi connectivity index (χ4n) is 5.90. The van der Waals surface area contributed by atoms with Crippen LogP contribution in [0.15, 0.2) is 18.2 Å². The summed E-state index contributed by atoms with van der Waals surface area (Å²) >= 11 is 1.37. The van der Waals surface area contributed by atoms with Crippen molar-refractivity contribution < 1.29 is 38.5 Å². The van der Waals surface area contributed by atoms with Gasteiger partial charge < -0.3 is 29.5 Å². The van der Waals surface area contributed by atoms with Crippen molar-refractivity contribution in [2.45, 2.75) is 90.9 Å². The predicted molar refractivity (Wildman–Crippen MR) is 142 cm³/mol. The van der Waals surface area contributed by atoms with E-state index in [0.29, 0.717) is 11.3 Å². The quantitative estimate of drug-likeness (QED) is 0.276. The standard InChI is InChI=1S/C27H34N4O8S/c1-13-20(19-11-30-12-29-18(25(30)40-19)10-28-15(3)33)23(31-22(13)21(14(2)32)24(31)34)26(35)37-16(4)38-27(36)39-17-8-6-5-7-9-17/h11-14,16-17,21-22,32H,5-10H2,1-4H3,(H,28,33)/t13-,14+,16?,21+,22+/m0/s1. The Hall–Kier alpha value is -3.45. The second-order valence-corrected chi connectivity index (χ2v) is 11.7. The molecule has 2 aromatic rings. The van der Waals surface area contributed by atoms with Crippen LogP contribution < -0.4 is 5.32 Å². The molecule has 5 rings (SSSR count). The molecule has 2 amide bonds. The molecule has 1 unspecified atom stereocenters. The van der Waals surface area contributed by atoms with Crippen LogP contribution in [0.2, 0.25) is 0 Å². The number of amides is 2. The lowest BCUT2D eigenvalue weighted by Gasteiger charge is -2.46. The van der Waals surface area contributed by atoms with Crippen LogP contribution in [0.4, 0.5) is 4.79 Å². The van der Waals surface area contributed by atoms with Crippen LogP contribution in [-0.2, 0) is 35.1 Å². The van der Waals surface area contributed by atoms with Gasteiger partial charge in [-0.3, -0.25) is 14.0 Å². The van der Waals surface area contributed by atoms with E-state index in [1.807, 2.05) is 13.1 Å². The van der Waals surface area contributed by atoms with Crippen molar-refractivity contribution in [2.24, 2.45) is 11.8 Å². The lowest BCUT2D eigenvalue weighted by Crippen LogP contribution is -2.63. The van der Waals surface area contributed by atoms with E-state index in [0.717, 1.165) is 41.8 Å². The molecule has 13 heteroatoms. The summed E-state index contributed by atoms with van der Waals surface area (Å²) in [6.45, 7) is 6.56. The molecule has 3 aliphatic rings. The smallest absolute Gasteiger partial charge is 0.431 e. The van der Waals surface area contributed by atoms with E-state index >= 15 is 0 Å².